The highest BCUT2D eigenvalue weighted by Crippen LogP contribution is 2.36. The fraction of sp³-hybridized carbons (Fsp3) is 0.500. The van der Waals surface area contributed by atoms with Gasteiger partial charge in [-0.3, -0.25) is 0 Å². The van der Waals surface area contributed by atoms with Crippen LogP contribution in [0, 0.1) is 5.82 Å². The minimum atomic E-state index is -0.151. The van der Waals surface area contributed by atoms with Crippen LogP contribution in [0.25, 0.3) is 0 Å². The second-order valence-electron chi connectivity index (χ2n) is 4.13. The van der Waals surface area contributed by atoms with Gasteiger partial charge in [0.25, 0.3) is 0 Å². The van der Waals surface area contributed by atoms with Crippen LogP contribution in [0.1, 0.15) is 36.3 Å². The summed E-state index contributed by atoms with van der Waals surface area (Å²) in [5, 5.41) is 0. The molecule has 1 atom stereocenters. The quantitative estimate of drug-likeness (QED) is 0.877. The predicted octanol–water partition coefficient (Wildman–Crippen LogP) is 3.36. The third kappa shape index (κ3) is 2.23. The Morgan fingerprint density at radius 2 is 2.27 bits per heavy atom. The topological polar surface area (TPSA) is 26.0 Å². The molecule has 0 saturated heterocycles. The van der Waals surface area contributed by atoms with Crippen LogP contribution >= 0.6 is 15.9 Å². The molecular weight excluding hydrogens is 257 g/mol. The maximum Gasteiger partial charge on any atom is 0.137 e. The first kappa shape index (κ1) is 11.1. The predicted molar refractivity (Wildman–Crippen MR) is 63.5 cm³/mol. The van der Waals surface area contributed by atoms with Crippen molar-refractivity contribution < 1.29 is 4.39 Å². The van der Waals surface area contributed by atoms with Gasteiger partial charge in [-0.15, -0.1) is 0 Å². The van der Waals surface area contributed by atoms with E-state index in [0.29, 0.717) is 16.9 Å². The highest BCUT2D eigenvalue weighted by Gasteiger charge is 2.21. The van der Waals surface area contributed by atoms with E-state index >= 15 is 0 Å². The zero-order valence-electron chi connectivity index (χ0n) is 8.60. The minimum Gasteiger partial charge on any atom is -0.330 e. The molecule has 0 aromatic heterocycles. The van der Waals surface area contributed by atoms with Crippen LogP contribution in [0.2, 0.25) is 0 Å². The SMILES string of the molecule is NCCC1CCCc2cc(F)c(Br)cc21. The lowest BCUT2D eigenvalue weighted by atomic mass is 9.81. The fourth-order valence-corrected chi connectivity index (χ4v) is 2.76. The third-order valence-corrected chi connectivity index (χ3v) is 3.74. The van der Waals surface area contributed by atoms with Crippen LogP contribution < -0.4 is 5.73 Å². The minimum absolute atomic E-state index is 0.151. The molecule has 15 heavy (non-hydrogen) atoms. The number of aryl methyl sites for hydroxylation is 1. The smallest absolute Gasteiger partial charge is 0.137 e. The Morgan fingerprint density at radius 3 is 3.00 bits per heavy atom. The van der Waals surface area contributed by atoms with Gasteiger partial charge in [0.2, 0.25) is 0 Å². The van der Waals surface area contributed by atoms with Crippen molar-refractivity contribution in [2.24, 2.45) is 5.73 Å². The van der Waals surface area contributed by atoms with Gasteiger partial charge < -0.3 is 5.73 Å². The Kier molecular flexibility index (Phi) is 3.42. The molecule has 2 N–H and O–H groups in total. The van der Waals surface area contributed by atoms with E-state index in [9.17, 15) is 4.39 Å². The summed E-state index contributed by atoms with van der Waals surface area (Å²) in [6, 6.07) is 3.60. The number of halogens is 2. The van der Waals surface area contributed by atoms with Gasteiger partial charge in [0.05, 0.1) is 4.47 Å². The van der Waals surface area contributed by atoms with E-state index in [4.69, 9.17) is 5.73 Å². The molecule has 0 aliphatic heterocycles. The summed E-state index contributed by atoms with van der Waals surface area (Å²) in [5.41, 5.74) is 8.06. The molecule has 0 amide bonds. The molecule has 0 fully saturated rings. The second-order valence-corrected chi connectivity index (χ2v) is 4.99. The molecule has 82 valence electrons. The first-order valence-corrected chi connectivity index (χ1v) is 6.19. The van der Waals surface area contributed by atoms with Crippen molar-refractivity contribution in [2.45, 2.75) is 31.6 Å². The van der Waals surface area contributed by atoms with Crippen molar-refractivity contribution in [3.05, 3.63) is 33.5 Å². The van der Waals surface area contributed by atoms with Crippen molar-refractivity contribution in [3.63, 3.8) is 0 Å². The first-order valence-electron chi connectivity index (χ1n) is 5.40. The Hall–Kier alpha value is -0.410. The number of fused-ring (bicyclic) bond motifs is 1. The van der Waals surface area contributed by atoms with Crippen molar-refractivity contribution in [2.75, 3.05) is 6.54 Å². The van der Waals surface area contributed by atoms with Crippen molar-refractivity contribution in [3.8, 4) is 0 Å². The van der Waals surface area contributed by atoms with Gasteiger partial charge in [0, 0.05) is 0 Å². The molecule has 3 heteroatoms. The van der Waals surface area contributed by atoms with Crippen LogP contribution in [0.5, 0.6) is 0 Å². The molecule has 0 radical (unpaired) electrons. The van der Waals surface area contributed by atoms with Gasteiger partial charge in [-0.1, -0.05) is 0 Å². The molecule has 1 nitrogen and oxygen atoms in total. The molecule has 0 bridgehead atoms. The molecule has 1 unspecified atom stereocenters. The highest BCUT2D eigenvalue weighted by atomic mass is 79.9. The van der Waals surface area contributed by atoms with E-state index in [0.717, 1.165) is 19.3 Å². The van der Waals surface area contributed by atoms with Crippen LogP contribution in [0.4, 0.5) is 4.39 Å². The summed E-state index contributed by atoms with van der Waals surface area (Å²) in [5.74, 6) is 0.373. The fourth-order valence-electron chi connectivity index (χ4n) is 2.40. The number of hydrogen-bond acceptors (Lipinski definition) is 1. The molecule has 2 rings (SSSR count). The monoisotopic (exact) mass is 271 g/mol. The average molecular weight is 272 g/mol. The Labute approximate surface area is 98.0 Å². The molecule has 0 heterocycles. The molecule has 0 saturated carbocycles. The maximum absolute atomic E-state index is 13.3. The van der Waals surface area contributed by atoms with Crippen LogP contribution in [0.3, 0.4) is 0 Å². The van der Waals surface area contributed by atoms with Gasteiger partial charge >= 0.3 is 0 Å². The van der Waals surface area contributed by atoms with Gasteiger partial charge in [-0.2, -0.15) is 0 Å². The van der Waals surface area contributed by atoms with E-state index in [1.165, 1.54) is 17.5 Å². The lowest BCUT2D eigenvalue weighted by molar-refractivity contribution is 0.520. The number of rotatable bonds is 2. The number of hydrogen-bond donors (Lipinski definition) is 1. The second kappa shape index (κ2) is 4.62. The summed E-state index contributed by atoms with van der Waals surface area (Å²) in [7, 11) is 0. The number of nitrogens with two attached hydrogens (primary N) is 1. The van der Waals surface area contributed by atoms with Crippen LogP contribution in [-0.2, 0) is 6.42 Å². The Balaban J connectivity index is 2.38. The molecule has 1 aliphatic rings. The van der Waals surface area contributed by atoms with Crippen LogP contribution in [0.15, 0.2) is 16.6 Å². The molecule has 1 aromatic rings. The summed E-state index contributed by atoms with van der Waals surface area (Å²) in [4.78, 5) is 0. The van der Waals surface area contributed by atoms with Crippen molar-refractivity contribution in [1.29, 1.82) is 0 Å². The summed E-state index contributed by atoms with van der Waals surface area (Å²) in [6.45, 7) is 0.707. The van der Waals surface area contributed by atoms with Gasteiger partial charge in [0.1, 0.15) is 5.82 Å². The van der Waals surface area contributed by atoms with Crippen molar-refractivity contribution in [1.82, 2.24) is 0 Å². The lowest BCUT2D eigenvalue weighted by Crippen LogP contribution is -2.14. The molecule has 1 aromatic carbocycles. The molecule has 0 spiro atoms. The molecular formula is C12H15BrFN. The van der Waals surface area contributed by atoms with E-state index in [-0.39, 0.29) is 5.82 Å². The van der Waals surface area contributed by atoms with Gasteiger partial charge in [-0.25, -0.2) is 4.39 Å². The van der Waals surface area contributed by atoms with E-state index in [1.54, 1.807) is 6.07 Å². The Bertz CT molecular complexity index is 365. The van der Waals surface area contributed by atoms with Gasteiger partial charge in [0.15, 0.2) is 0 Å². The van der Waals surface area contributed by atoms with Crippen molar-refractivity contribution >= 4 is 15.9 Å². The highest BCUT2D eigenvalue weighted by molar-refractivity contribution is 9.10. The zero-order chi connectivity index (χ0) is 10.8. The lowest BCUT2D eigenvalue weighted by Gasteiger charge is -2.25. The summed E-state index contributed by atoms with van der Waals surface area (Å²) >= 11 is 3.25. The first-order chi connectivity index (χ1) is 7.22. The normalized spacial score (nSPS) is 20.1. The average Bonchev–Trinajstić information content (AvgIpc) is 2.21. The van der Waals surface area contributed by atoms with E-state index in [1.807, 2.05) is 6.07 Å². The standard InChI is InChI=1S/C12H15BrFN/c13-11-7-10-8(4-5-15)2-1-3-9(10)6-12(11)14/h6-8H,1-5,15H2. The Morgan fingerprint density at radius 1 is 1.47 bits per heavy atom. The van der Waals surface area contributed by atoms with Crippen LogP contribution in [-0.4, -0.2) is 6.54 Å². The zero-order valence-corrected chi connectivity index (χ0v) is 10.2. The largest absolute Gasteiger partial charge is 0.330 e. The molecule has 1 aliphatic carbocycles. The van der Waals surface area contributed by atoms with Gasteiger partial charge in [-0.05, 0) is 77.3 Å². The summed E-state index contributed by atoms with van der Waals surface area (Å²) < 4.78 is 13.9. The number of benzene rings is 1. The van der Waals surface area contributed by atoms with E-state index < -0.39 is 0 Å². The maximum atomic E-state index is 13.3. The summed E-state index contributed by atoms with van der Waals surface area (Å²) in [6.07, 6.45) is 4.34. The van der Waals surface area contributed by atoms with E-state index in [2.05, 4.69) is 15.9 Å². The third-order valence-electron chi connectivity index (χ3n) is 3.14.